The molecule has 3 heteroatoms. The van der Waals surface area contributed by atoms with Crippen molar-refractivity contribution in [3.8, 4) is 11.8 Å². The minimum atomic E-state index is -0.763. The molecule has 1 aliphatic rings. The first-order valence-corrected chi connectivity index (χ1v) is 5.40. The van der Waals surface area contributed by atoms with Crippen LogP contribution in [0.5, 0.6) is 0 Å². The maximum Gasteiger partial charge on any atom is 0.334 e. The van der Waals surface area contributed by atoms with Gasteiger partial charge in [0.15, 0.2) is 5.60 Å². The maximum atomic E-state index is 11.6. The molecule has 0 saturated carbocycles. The largest absolute Gasteiger partial charge is 0.442 e. The van der Waals surface area contributed by atoms with Gasteiger partial charge in [0.25, 0.3) is 0 Å². The topological polar surface area (TPSA) is 35.5 Å². The zero-order valence-electron chi connectivity index (χ0n) is 10.1. The Balaban J connectivity index is 2.82. The third kappa shape index (κ3) is 2.86. The van der Waals surface area contributed by atoms with E-state index in [0.29, 0.717) is 18.8 Å². The number of ether oxygens (including phenoxy) is 2. The predicted molar refractivity (Wildman–Crippen MR) is 61.7 cm³/mol. The van der Waals surface area contributed by atoms with Crippen LogP contribution < -0.4 is 0 Å². The Bertz CT molecular complexity index is 342. The van der Waals surface area contributed by atoms with Crippen molar-refractivity contribution in [3.63, 3.8) is 0 Å². The molecule has 3 nitrogen and oxygen atoms in total. The van der Waals surface area contributed by atoms with Crippen LogP contribution in [0.3, 0.4) is 0 Å². The van der Waals surface area contributed by atoms with E-state index in [1.165, 1.54) is 0 Å². The lowest BCUT2D eigenvalue weighted by Crippen LogP contribution is -2.39. The van der Waals surface area contributed by atoms with Crippen LogP contribution in [0, 0.1) is 17.8 Å². The van der Waals surface area contributed by atoms with Gasteiger partial charge in [-0.2, -0.15) is 0 Å². The molecule has 0 aliphatic carbocycles. The standard InChI is InChI=1S/C13H18O3/c1-5-7-13(4,11-6-8-15-9-11)16-12(14)10(2)3/h11H,2,6,8-9H2,1,3-4H3. The minimum Gasteiger partial charge on any atom is -0.442 e. The molecule has 1 aliphatic heterocycles. The van der Waals surface area contributed by atoms with Crippen LogP contribution in [0.2, 0.25) is 0 Å². The summed E-state index contributed by atoms with van der Waals surface area (Å²) in [6.45, 7) is 10.1. The molecular weight excluding hydrogens is 204 g/mol. The molecule has 88 valence electrons. The molecule has 0 aromatic heterocycles. The highest BCUT2D eigenvalue weighted by atomic mass is 16.6. The number of hydrogen-bond acceptors (Lipinski definition) is 3. The summed E-state index contributed by atoms with van der Waals surface area (Å²) < 4.78 is 10.7. The molecule has 0 aromatic carbocycles. The number of carbonyl (C=O) groups excluding carboxylic acids is 1. The summed E-state index contributed by atoms with van der Waals surface area (Å²) in [5, 5.41) is 0. The highest BCUT2D eigenvalue weighted by Crippen LogP contribution is 2.29. The third-order valence-corrected chi connectivity index (χ3v) is 2.74. The molecule has 1 fully saturated rings. The van der Waals surface area contributed by atoms with E-state index in [4.69, 9.17) is 9.47 Å². The Morgan fingerprint density at radius 2 is 2.31 bits per heavy atom. The van der Waals surface area contributed by atoms with Crippen LogP contribution in [-0.2, 0) is 14.3 Å². The van der Waals surface area contributed by atoms with Crippen molar-refractivity contribution < 1.29 is 14.3 Å². The Kier molecular flexibility index (Phi) is 4.14. The third-order valence-electron chi connectivity index (χ3n) is 2.74. The zero-order chi connectivity index (χ0) is 12.2. The van der Waals surface area contributed by atoms with Gasteiger partial charge in [-0.25, -0.2) is 4.79 Å². The van der Waals surface area contributed by atoms with Crippen molar-refractivity contribution in [3.05, 3.63) is 12.2 Å². The number of hydrogen-bond donors (Lipinski definition) is 0. The van der Waals surface area contributed by atoms with Crippen LogP contribution in [0.1, 0.15) is 27.2 Å². The second-order valence-corrected chi connectivity index (χ2v) is 4.21. The summed E-state index contributed by atoms with van der Waals surface area (Å²) in [6.07, 6.45) is 0.870. The molecule has 16 heavy (non-hydrogen) atoms. The summed E-state index contributed by atoms with van der Waals surface area (Å²) in [6, 6.07) is 0. The van der Waals surface area contributed by atoms with Crippen molar-refractivity contribution in [2.45, 2.75) is 32.8 Å². The fraction of sp³-hybridized carbons (Fsp3) is 0.615. The highest BCUT2D eigenvalue weighted by Gasteiger charge is 2.39. The van der Waals surface area contributed by atoms with Crippen LogP contribution in [0.25, 0.3) is 0 Å². The fourth-order valence-electron chi connectivity index (χ4n) is 1.71. The first kappa shape index (κ1) is 12.8. The van der Waals surface area contributed by atoms with Crippen molar-refractivity contribution in [2.75, 3.05) is 13.2 Å². The lowest BCUT2D eigenvalue weighted by molar-refractivity contribution is -0.152. The van der Waals surface area contributed by atoms with E-state index in [9.17, 15) is 4.79 Å². The summed E-state index contributed by atoms with van der Waals surface area (Å²) >= 11 is 0. The monoisotopic (exact) mass is 222 g/mol. The van der Waals surface area contributed by atoms with Crippen LogP contribution >= 0.6 is 0 Å². The molecular formula is C13H18O3. The second kappa shape index (κ2) is 5.18. The molecule has 0 aromatic rings. The normalized spacial score (nSPS) is 22.8. The Morgan fingerprint density at radius 3 is 2.75 bits per heavy atom. The van der Waals surface area contributed by atoms with Gasteiger partial charge in [-0.05, 0) is 27.2 Å². The van der Waals surface area contributed by atoms with E-state index in [1.807, 2.05) is 6.92 Å². The van der Waals surface area contributed by atoms with E-state index >= 15 is 0 Å². The maximum absolute atomic E-state index is 11.6. The molecule has 0 bridgehead atoms. The first-order valence-electron chi connectivity index (χ1n) is 5.40. The second-order valence-electron chi connectivity index (χ2n) is 4.21. The van der Waals surface area contributed by atoms with Crippen molar-refractivity contribution in [2.24, 2.45) is 5.92 Å². The summed E-state index contributed by atoms with van der Waals surface area (Å²) in [4.78, 5) is 11.6. The minimum absolute atomic E-state index is 0.142. The zero-order valence-corrected chi connectivity index (χ0v) is 10.1. The van der Waals surface area contributed by atoms with E-state index in [0.717, 1.165) is 6.42 Å². The smallest absolute Gasteiger partial charge is 0.334 e. The molecule has 1 saturated heterocycles. The molecule has 2 unspecified atom stereocenters. The number of esters is 1. The average Bonchev–Trinajstić information content (AvgIpc) is 2.70. The Morgan fingerprint density at radius 1 is 1.62 bits per heavy atom. The predicted octanol–water partition coefficient (Wildman–Crippen LogP) is 1.92. The van der Waals surface area contributed by atoms with Crippen molar-refractivity contribution in [1.82, 2.24) is 0 Å². The Hall–Kier alpha value is -1.27. The average molecular weight is 222 g/mol. The first-order chi connectivity index (χ1) is 7.49. The summed E-state index contributed by atoms with van der Waals surface area (Å²) in [5.74, 6) is 5.54. The van der Waals surface area contributed by atoms with E-state index < -0.39 is 11.6 Å². The lowest BCUT2D eigenvalue weighted by Gasteiger charge is -2.29. The fourth-order valence-corrected chi connectivity index (χ4v) is 1.71. The molecule has 1 heterocycles. The van der Waals surface area contributed by atoms with Crippen molar-refractivity contribution in [1.29, 1.82) is 0 Å². The summed E-state index contributed by atoms with van der Waals surface area (Å²) in [7, 11) is 0. The molecule has 1 rings (SSSR count). The number of rotatable bonds is 3. The SMILES string of the molecule is C=C(C)C(=O)OC(C)(C#CC)C1CCOC1. The van der Waals surface area contributed by atoms with Crippen LogP contribution in [0.15, 0.2) is 12.2 Å². The molecule has 2 atom stereocenters. The molecule has 0 spiro atoms. The number of carbonyl (C=O) groups is 1. The van der Waals surface area contributed by atoms with Gasteiger partial charge in [-0.3, -0.25) is 0 Å². The van der Waals surface area contributed by atoms with E-state index in [1.54, 1.807) is 13.8 Å². The van der Waals surface area contributed by atoms with Crippen LogP contribution in [-0.4, -0.2) is 24.8 Å². The van der Waals surface area contributed by atoms with Crippen molar-refractivity contribution >= 4 is 5.97 Å². The van der Waals surface area contributed by atoms with Gasteiger partial charge >= 0.3 is 5.97 Å². The lowest BCUT2D eigenvalue weighted by atomic mass is 9.88. The van der Waals surface area contributed by atoms with E-state index in [2.05, 4.69) is 18.4 Å². The quantitative estimate of drug-likeness (QED) is 0.416. The van der Waals surface area contributed by atoms with Gasteiger partial charge in [-0.1, -0.05) is 12.5 Å². The molecule has 0 amide bonds. The van der Waals surface area contributed by atoms with Gasteiger partial charge < -0.3 is 9.47 Å². The van der Waals surface area contributed by atoms with Gasteiger partial charge in [0.05, 0.1) is 6.61 Å². The van der Waals surface area contributed by atoms with E-state index in [-0.39, 0.29) is 5.92 Å². The van der Waals surface area contributed by atoms with Gasteiger partial charge in [0.1, 0.15) is 0 Å². The van der Waals surface area contributed by atoms with Crippen LogP contribution in [0.4, 0.5) is 0 Å². The van der Waals surface area contributed by atoms with Gasteiger partial charge in [-0.15, -0.1) is 5.92 Å². The molecule has 0 N–H and O–H groups in total. The van der Waals surface area contributed by atoms with Gasteiger partial charge in [0, 0.05) is 18.1 Å². The summed E-state index contributed by atoms with van der Waals surface area (Å²) in [5.41, 5.74) is -0.371. The highest BCUT2D eigenvalue weighted by molar-refractivity contribution is 5.87. The van der Waals surface area contributed by atoms with Gasteiger partial charge in [0.2, 0.25) is 0 Å². The Labute approximate surface area is 96.8 Å². The molecule has 0 radical (unpaired) electrons.